The molecule has 30 heavy (non-hydrogen) atoms. The Bertz CT molecular complexity index is 899. The molecular weight excluding hydrogens is 383 g/mol. The molecule has 1 aromatic carbocycles. The number of nitrogens with zero attached hydrogens (tertiary/aromatic N) is 3. The molecule has 0 aliphatic carbocycles. The average molecular weight is 413 g/mol. The third-order valence-electron chi connectivity index (χ3n) is 5.33. The molecule has 2 heterocycles. The van der Waals surface area contributed by atoms with Crippen molar-refractivity contribution in [3.8, 4) is 0 Å². The first-order valence-corrected chi connectivity index (χ1v) is 10.5. The molecule has 160 valence electrons. The van der Waals surface area contributed by atoms with Gasteiger partial charge in [0.05, 0.1) is 11.3 Å². The van der Waals surface area contributed by atoms with Crippen molar-refractivity contribution in [3.63, 3.8) is 0 Å². The first-order valence-electron chi connectivity index (χ1n) is 10.5. The zero-order chi connectivity index (χ0) is 21.7. The lowest BCUT2D eigenvalue weighted by molar-refractivity contribution is -0.133. The Morgan fingerprint density at radius 2 is 2.00 bits per heavy atom. The summed E-state index contributed by atoms with van der Waals surface area (Å²) in [5.74, 6) is 0.722. The minimum absolute atomic E-state index is 0.0879. The van der Waals surface area contributed by atoms with Gasteiger partial charge in [-0.15, -0.1) is 0 Å². The molecule has 0 bridgehead atoms. The number of hydrogen-bond acceptors (Lipinski definition) is 4. The monoisotopic (exact) mass is 412 g/mol. The minimum atomic E-state index is -0.308. The molecule has 1 fully saturated rings. The van der Waals surface area contributed by atoms with Crippen LogP contribution >= 0.6 is 0 Å². The zero-order valence-corrected chi connectivity index (χ0v) is 17.8. The highest BCUT2D eigenvalue weighted by Crippen LogP contribution is 2.26. The van der Waals surface area contributed by atoms with Crippen LogP contribution in [0.25, 0.3) is 0 Å². The number of hydrogen-bond donors (Lipinski definition) is 1. The summed E-state index contributed by atoms with van der Waals surface area (Å²) < 4.78 is 13.0. The van der Waals surface area contributed by atoms with Crippen LogP contribution in [0.5, 0.6) is 0 Å². The summed E-state index contributed by atoms with van der Waals surface area (Å²) in [7, 11) is 0. The second kappa shape index (κ2) is 9.78. The maximum atomic E-state index is 13.0. The van der Waals surface area contributed by atoms with Crippen LogP contribution in [-0.2, 0) is 11.3 Å². The van der Waals surface area contributed by atoms with Crippen LogP contribution < -0.4 is 5.32 Å². The number of piperidine rings is 1. The van der Waals surface area contributed by atoms with E-state index in [0.29, 0.717) is 42.5 Å². The minimum Gasteiger partial charge on any atom is -0.348 e. The number of aromatic nitrogens is 2. The van der Waals surface area contributed by atoms with Crippen LogP contribution in [0, 0.1) is 18.7 Å². The lowest BCUT2D eigenvalue weighted by Gasteiger charge is -2.32. The lowest BCUT2D eigenvalue weighted by Crippen LogP contribution is -2.40. The van der Waals surface area contributed by atoms with Crippen molar-refractivity contribution in [2.45, 2.75) is 52.5 Å². The molecule has 1 saturated heterocycles. The number of nitrogens with one attached hydrogen (secondary N) is 1. The fraction of sp³-hybridized carbons (Fsp3) is 0.478. The molecule has 0 saturated carbocycles. The number of carbonyl (C=O) groups is 2. The van der Waals surface area contributed by atoms with Gasteiger partial charge >= 0.3 is 0 Å². The molecule has 6 nitrogen and oxygen atoms in total. The first-order chi connectivity index (χ1) is 14.3. The van der Waals surface area contributed by atoms with Gasteiger partial charge in [-0.25, -0.2) is 14.4 Å². The predicted molar refractivity (Wildman–Crippen MR) is 112 cm³/mol. The Hall–Kier alpha value is -2.83. The zero-order valence-electron chi connectivity index (χ0n) is 17.8. The van der Waals surface area contributed by atoms with Crippen molar-refractivity contribution in [1.82, 2.24) is 20.2 Å². The van der Waals surface area contributed by atoms with Crippen molar-refractivity contribution < 1.29 is 14.0 Å². The lowest BCUT2D eigenvalue weighted by atomic mass is 9.96. The van der Waals surface area contributed by atoms with Gasteiger partial charge in [-0.2, -0.15) is 0 Å². The molecule has 2 amide bonds. The second-order valence-electron chi connectivity index (χ2n) is 8.31. The first kappa shape index (κ1) is 21.9. The average Bonchev–Trinajstić information content (AvgIpc) is 2.72. The van der Waals surface area contributed by atoms with Gasteiger partial charge in [-0.3, -0.25) is 9.59 Å². The summed E-state index contributed by atoms with van der Waals surface area (Å²) in [5, 5.41) is 2.82. The largest absolute Gasteiger partial charge is 0.348 e. The van der Waals surface area contributed by atoms with Crippen LogP contribution in [0.2, 0.25) is 0 Å². The predicted octanol–water partition coefficient (Wildman–Crippen LogP) is 3.61. The molecule has 1 aliphatic heterocycles. The molecule has 0 radical (unpaired) electrons. The van der Waals surface area contributed by atoms with Gasteiger partial charge in [0, 0.05) is 38.2 Å². The molecule has 2 aromatic rings. The maximum absolute atomic E-state index is 13.0. The summed E-state index contributed by atoms with van der Waals surface area (Å²) in [6.07, 6.45) is 3.98. The van der Waals surface area contributed by atoms with E-state index in [4.69, 9.17) is 0 Å². The van der Waals surface area contributed by atoms with Gasteiger partial charge < -0.3 is 10.2 Å². The Labute approximate surface area is 176 Å². The number of halogens is 1. The van der Waals surface area contributed by atoms with E-state index in [1.807, 2.05) is 18.7 Å². The molecule has 0 unspecified atom stereocenters. The molecule has 1 atom stereocenters. The van der Waals surface area contributed by atoms with E-state index in [9.17, 15) is 14.0 Å². The van der Waals surface area contributed by atoms with E-state index in [-0.39, 0.29) is 23.5 Å². The molecule has 7 heteroatoms. The third-order valence-corrected chi connectivity index (χ3v) is 5.33. The standard InChI is InChI=1S/C23H29FN4O2/c1-15(2)11-21(29)28-10-4-5-18(14-28)22-25-13-20(16(3)27-22)23(30)26-12-17-6-8-19(24)9-7-17/h6-9,13,15,18H,4-5,10-12,14H2,1-3H3,(H,26,30)/t18-/m1/s1. The van der Waals surface area contributed by atoms with Crippen molar-refractivity contribution in [3.05, 3.63) is 58.9 Å². The number of amides is 2. The van der Waals surface area contributed by atoms with Crippen molar-refractivity contribution in [2.75, 3.05) is 13.1 Å². The van der Waals surface area contributed by atoms with E-state index >= 15 is 0 Å². The van der Waals surface area contributed by atoms with Crippen molar-refractivity contribution >= 4 is 11.8 Å². The van der Waals surface area contributed by atoms with Gasteiger partial charge in [0.15, 0.2) is 0 Å². The molecule has 1 N–H and O–H groups in total. The highest BCUT2D eigenvalue weighted by molar-refractivity contribution is 5.94. The second-order valence-corrected chi connectivity index (χ2v) is 8.31. The van der Waals surface area contributed by atoms with Gasteiger partial charge in [-0.1, -0.05) is 26.0 Å². The fourth-order valence-corrected chi connectivity index (χ4v) is 3.68. The summed E-state index contributed by atoms with van der Waals surface area (Å²) in [6, 6.07) is 6.00. The van der Waals surface area contributed by atoms with E-state index in [1.165, 1.54) is 12.1 Å². The molecular formula is C23H29FN4O2. The highest BCUT2D eigenvalue weighted by Gasteiger charge is 2.27. The highest BCUT2D eigenvalue weighted by atomic mass is 19.1. The molecule has 3 rings (SSSR count). The van der Waals surface area contributed by atoms with Crippen molar-refractivity contribution in [2.24, 2.45) is 5.92 Å². The van der Waals surface area contributed by atoms with Crippen LogP contribution in [0.15, 0.2) is 30.5 Å². The van der Waals surface area contributed by atoms with Gasteiger partial charge in [0.2, 0.25) is 5.91 Å². The molecule has 0 spiro atoms. The Morgan fingerprint density at radius 3 is 2.67 bits per heavy atom. The Balaban J connectivity index is 1.63. The van der Waals surface area contributed by atoms with Crippen molar-refractivity contribution in [1.29, 1.82) is 0 Å². The smallest absolute Gasteiger partial charge is 0.254 e. The number of benzene rings is 1. The molecule has 1 aliphatic rings. The number of rotatable bonds is 6. The maximum Gasteiger partial charge on any atom is 0.254 e. The summed E-state index contributed by atoms with van der Waals surface area (Å²) >= 11 is 0. The Kier molecular flexibility index (Phi) is 7.13. The van der Waals surface area contributed by atoms with Gasteiger partial charge in [0.25, 0.3) is 5.91 Å². The van der Waals surface area contributed by atoms with Crippen LogP contribution in [-0.4, -0.2) is 39.8 Å². The molecule has 1 aromatic heterocycles. The fourth-order valence-electron chi connectivity index (χ4n) is 3.68. The van der Waals surface area contributed by atoms with E-state index in [0.717, 1.165) is 24.9 Å². The SMILES string of the molecule is Cc1nc([C@@H]2CCCN(C(=O)CC(C)C)C2)ncc1C(=O)NCc1ccc(F)cc1. The topological polar surface area (TPSA) is 75.2 Å². The Morgan fingerprint density at radius 1 is 1.27 bits per heavy atom. The number of aryl methyl sites for hydroxylation is 1. The van der Waals surface area contributed by atoms with E-state index in [1.54, 1.807) is 25.3 Å². The van der Waals surface area contributed by atoms with Gasteiger partial charge in [0.1, 0.15) is 11.6 Å². The third kappa shape index (κ3) is 5.62. The van der Waals surface area contributed by atoms with E-state index in [2.05, 4.69) is 15.3 Å². The van der Waals surface area contributed by atoms with E-state index < -0.39 is 0 Å². The summed E-state index contributed by atoms with van der Waals surface area (Å²) in [6.45, 7) is 7.60. The van der Waals surface area contributed by atoms with Crippen LogP contribution in [0.4, 0.5) is 4.39 Å². The van der Waals surface area contributed by atoms with Crippen LogP contribution in [0.1, 0.15) is 66.5 Å². The number of likely N-dealkylation sites (tertiary alicyclic amines) is 1. The quantitative estimate of drug-likeness (QED) is 0.787. The van der Waals surface area contributed by atoms with Gasteiger partial charge in [-0.05, 0) is 43.4 Å². The summed E-state index contributed by atoms with van der Waals surface area (Å²) in [5.41, 5.74) is 1.85. The number of carbonyl (C=O) groups excluding carboxylic acids is 2. The summed E-state index contributed by atoms with van der Waals surface area (Å²) in [4.78, 5) is 35.9. The normalized spacial score (nSPS) is 16.6. The van der Waals surface area contributed by atoms with Crippen LogP contribution in [0.3, 0.4) is 0 Å².